The smallest absolute Gasteiger partial charge is 0.319 e. The summed E-state index contributed by atoms with van der Waals surface area (Å²) in [5.41, 5.74) is 1.66. The van der Waals surface area contributed by atoms with Crippen molar-refractivity contribution in [2.45, 2.75) is 23.8 Å². The first-order valence-electron chi connectivity index (χ1n) is 8.69. The Morgan fingerprint density at radius 2 is 2.07 bits per heavy atom. The zero-order valence-electron chi connectivity index (χ0n) is 15.3. The molecule has 0 radical (unpaired) electrons. The number of rotatable bonds is 4. The van der Waals surface area contributed by atoms with Gasteiger partial charge in [-0.25, -0.2) is 4.98 Å². The number of hydrogen-bond acceptors (Lipinski definition) is 6. The standard InChI is InChI=1S/C20H17ClN2O4S/c1-11-9-15(16(26-2)10-13(11)21)23-18(24)12-5-3-4-6-14(12)22-20(23)28-17-7-8-27-19(17)25/h3-6,9-10,17H,7-8H2,1-2H3/t17-/m0/s1. The van der Waals surface area contributed by atoms with Crippen molar-refractivity contribution in [3.05, 3.63) is 57.3 Å². The predicted octanol–water partition coefficient (Wildman–Crippen LogP) is 3.76. The minimum Gasteiger partial charge on any atom is -0.495 e. The normalized spacial score (nSPS) is 16.4. The molecule has 1 aromatic heterocycles. The number of fused-ring (bicyclic) bond motifs is 1. The van der Waals surface area contributed by atoms with Gasteiger partial charge in [-0.15, -0.1) is 0 Å². The molecule has 8 heteroatoms. The maximum Gasteiger partial charge on any atom is 0.319 e. The molecule has 1 atom stereocenters. The summed E-state index contributed by atoms with van der Waals surface area (Å²) in [6, 6.07) is 10.6. The molecule has 0 N–H and O–H groups in total. The monoisotopic (exact) mass is 416 g/mol. The summed E-state index contributed by atoms with van der Waals surface area (Å²) in [7, 11) is 1.52. The van der Waals surface area contributed by atoms with Crippen LogP contribution in [0.25, 0.3) is 16.6 Å². The zero-order valence-corrected chi connectivity index (χ0v) is 16.8. The van der Waals surface area contributed by atoms with Crippen molar-refractivity contribution in [1.82, 2.24) is 9.55 Å². The minimum atomic E-state index is -0.404. The van der Waals surface area contributed by atoms with E-state index in [2.05, 4.69) is 4.98 Å². The average Bonchev–Trinajstić information content (AvgIpc) is 3.09. The number of halogens is 1. The van der Waals surface area contributed by atoms with Gasteiger partial charge in [0.15, 0.2) is 5.16 Å². The average molecular weight is 417 g/mol. The maximum atomic E-state index is 13.4. The summed E-state index contributed by atoms with van der Waals surface area (Å²) in [5.74, 6) is 0.156. The van der Waals surface area contributed by atoms with Crippen LogP contribution in [-0.4, -0.2) is 34.5 Å². The summed E-state index contributed by atoms with van der Waals surface area (Å²) in [4.78, 5) is 30.0. The molecule has 0 saturated carbocycles. The van der Waals surface area contributed by atoms with Gasteiger partial charge in [0.1, 0.15) is 11.0 Å². The Hall–Kier alpha value is -2.51. The number of aromatic nitrogens is 2. The quantitative estimate of drug-likeness (QED) is 0.476. The molecule has 3 aromatic rings. The summed E-state index contributed by atoms with van der Waals surface area (Å²) >= 11 is 7.46. The molecule has 1 fully saturated rings. The third-order valence-corrected chi connectivity index (χ3v) is 6.19. The summed E-state index contributed by atoms with van der Waals surface area (Å²) < 4.78 is 12.0. The van der Waals surface area contributed by atoms with Crippen molar-refractivity contribution in [1.29, 1.82) is 0 Å². The number of nitrogens with zero attached hydrogens (tertiary/aromatic N) is 2. The van der Waals surface area contributed by atoms with E-state index in [4.69, 9.17) is 21.1 Å². The van der Waals surface area contributed by atoms with E-state index >= 15 is 0 Å². The fraction of sp³-hybridized carbons (Fsp3) is 0.250. The molecule has 2 heterocycles. The van der Waals surface area contributed by atoms with Gasteiger partial charge in [0.05, 0.1) is 30.3 Å². The molecule has 0 spiro atoms. The number of carbonyl (C=O) groups excluding carboxylic acids is 1. The predicted molar refractivity (Wildman–Crippen MR) is 109 cm³/mol. The first-order valence-corrected chi connectivity index (χ1v) is 9.95. The second-order valence-corrected chi connectivity index (χ2v) is 7.97. The molecule has 0 aliphatic carbocycles. The van der Waals surface area contributed by atoms with Crippen LogP contribution >= 0.6 is 23.4 Å². The van der Waals surface area contributed by atoms with Crippen LogP contribution in [-0.2, 0) is 9.53 Å². The topological polar surface area (TPSA) is 70.4 Å². The van der Waals surface area contributed by atoms with Crippen LogP contribution in [0.4, 0.5) is 0 Å². The van der Waals surface area contributed by atoms with Crippen molar-refractivity contribution >= 4 is 40.2 Å². The molecular formula is C20H17ClN2O4S. The summed E-state index contributed by atoms with van der Waals surface area (Å²) in [6.45, 7) is 2.23. The first kappa shape index (κ1) is 18.8. The van der Waals surface area contributed by atoms with Gasteiger partial charge in [-0.2, -0.15) is 0 Å². The molecule has 6 nitrogen and oxygen atoms in total. The second kappa shape index (κ2) is 7.48. The lowest BCUT2D eigenvalue weighted by atomic mass is 10.2. The molecule has 28 heavy (non-hydrogen) atoms. The number of cyclic esters (lactones) is 1. The summed E-state index contributed by atoms with van der Waals surface area (Å²) in [6.07, 6.45) is 0.572. The molecular weight excluding hydrogens is 400 g/mol. The molecule has 144 valence electrons. The van der Waals surface area contributed by atoms with Crippen molar-refractivity contribution in [2.24, 2.45) is 0 Å². The van der Waals surface area contributed by atoms with Crippen LogP contribution in [0, 0.1) is 6.92 Å². The Morgan fingerprint density at radius 1 is 1.29 bits per heavy atom. The lowest BCUT2D eigenvalue weighted by Gasteiger charge is -2.18. The highest BCUT2D eigenvalue weighted by Crippen LogP contribution is 2.34. The van der Waals surface area contributed by atoms with Gasteiger partial charge < -0.3 is 9.47 Å². The van der Waals surface area contributed by atoms with E-state index in [1.165, 1.54) is 23.4 Å². The molecule has 4 rings (SSSR count). The molecule has 1 aliphatic heterocycles. The first-order chi connectivity index (χ1) is 13.5. The van der Waals surface area contributed by atoms with Crippen molar-refractivity contribution in [2.75, 3.05) is 13.7 Å². The Kier molecular flexibility index (Phi) is 5.03. The number of hydrogen-bond donors (Lipinski definition) is 0. The number of benzene rings is 2. The summed E-state index contributed by atoms with van der Waals surface area (Å²) in [5, 5.41) is 1.03. The van der Waals surface area contributed by atoms with Gasteiger partial charge in [0.25, 0.3) is 5.56 Å². The molecule has 0 unspecified atom stereocenters. The lowest BCUT2D eigenvalue weighted by Crippen LogP contribution is -2.24. The number of ether oxygens (including phenoxy) is 2. The lowest BCUT2D eigenvalue weighted by molar-refractivity contribution is -0.137. The van der Waals surface area contributed by atoms with E-state index in [0.29, 0.717) is 45.5 Å². The Bertz CT molecular complexity index is 1140. The van der Waals surface area contributed by atoms with Crippen molar-refractivity contribution in [3.8, 4) is 11.4 Å². The van der Waals surface area contributed by atoms with Gasteiger partial charge in [0.2, 0.25) is 0 Å². The fourth-order valence-electron chi connectivity index (χ4n) is 3.10. The molecule has 0 amide bonds. The largest absolute Gasteiger partial charge is 0.495 e. The van der Waals surface area contributed by atoms with Crippen LogP contribution < -0.4 is 10.3 Å². The van der Waals surface area contributed by atoms with Crippen LogP contribution in [0.3, 0.4) is 0 Å². The Morgan fingerprint density at radius 3 is 2.79 bits per heavy atom. The number of methoxy groups -OCH3 is 1. The van der Waals surface area contributed by atoms with E-state index in [-0.39, 0.29) is 11.5 Å². The van der Waals surface area contributed by atoms with Gasteiger partial charge in [-0.05, 0) is 30.7 Å². The SMILES string of the molecule is COc1cc(Cl)c(C)cc1-n1c(S[C@H]2CCOC2=O)nc2ccccc2c1=O. The highest BCUT2D eigenvalue weighted by atomic mass is 35.5. The molecule has 1 aliphatic rings. The Balaban J connectivity index is 1.99. The van der Waals surface area contributed by atoms with E-state index in [0.717, 1.165) is 5.56 Å². The third-order valence-electron chi connectivity index (χ3n) is 4.58. The molecule has 1 saturated heterocycles. The number of aryl methyl sites for hydroxylation is 1. The third kappa shape index (κ3) is 3.25. The van der Waals surface area contributed by atoms with Crippen LogP contribution in [0.5, 0.6) is 5.75 Å². The van der Waals surface area contributed by atoms with Crippen LogP contribution in [0.2, 0.25) is 5.02 Å². The van der Waals surface area contributed by atoms with E-state index in [9.17, 15) is 9.59 Å². The number of para-hydroxylation sites is 1. The molecule has 2 aromatic carbocycles. The Labute approximate surface area is 170 Å². The van der Waals surface area contributed by atoms with Crippen LogP contribution in [0.15, 0.2) is 46.3 Å². The highest BCUT2D eigenvalue weighted by Gasteiger charge is 2.30. The van der Waals surface area contributed by atoms with E-state index in [1.807, 2.05) is 13.0 Å². The fourth-order valence-corrected chi connectivity index (χ4v) is 4.33. The van der Waals surface area contributed by atoms with Gasteiger partial charge in [0, 0.05) is 17.5 Å². The maximum absolute atomic E-state index is 13.4. The van der Waals surface area contributed by atoms with E-state index in [1.54, 1.807) is 30.3 Å². The molecule has 0 bridgehead atoms. The zero-order chi connectivity index (χ0) is 19.8. The van der Waals surface area contributed by atoms with Crippen molar-refractivity contribution in [3.63, 3.8) is 0 Å². The number of carbonyl (C=O) groups is 1. The van der Waals surface area contributed by atoms with Gasteiger partial charge >= 0.3 is 5.97 Å². The van der Waals surface area contributed by atoms with Gasteiger partial charge in [-0.3, -0.25) is 14.2 Å². The second-order valence-electron chi connectivity index (χ2n) is 6.39. The highest BCUT2D eigenvalue weighted by molar-refractivity contribution is 8.00. The van der Waals surface area contributed by atoms with Crippen LogP contribution in [0.1, 0.15) is 12.0 Å². The number of esters is 1. The van der Waals surface area contributed by atoms with Crippen molar-refractivity contribution < 1.29 is 14.3 Å². The minimum absolute atomic E-state index is 0.237. The van der Waals surface area contributed by atoms with E-state index < -0.39 is 5.25 Å². The number of thioether (sulfide) groups is 1. The van der Waals surface area contributed by atoms with Gasteiger partial charge in [-0.1, -0.05) is 35.5 Å².